The molecule has 150 valence electrons. The lowest BCUT2D eigenvalue weighted by molar-refractivity contribution is 0.0962. The molecule has 28 heavy (non-hydrogen) atoms. The Kier molecular flexibility index (Phi) is 6.21. The van der Waals surface area contributed by atoms with Crippen LogP contribution in [0.25, 0.3) is 0 Å². The average molecular weight is 404 g/mol. The highest BCUT2D eigenvalue weighted by Crippen LogP contribution is 2.22. The van der Waals surface area contributed by atoms with Gasteiger partial charge in [-0.05, 0) is 61.2 Å². The molecule has 1 amide bonds. The zero-order chi connectivity index (χ0) is 20.1. The minimum atomic E-state index is -3.48. The standard InChI is InChI=1S/C20H25N3O4S/c1-14(2)13-27-18-5-3-4-15(12-18)20(24)22-21-16-8-10-19(11-9-16)28(25,26)23-17-6-7-17/h3-5,8-12,14,17,21,23H,6-7,13H2,1-2H3,(H,22,24). The third-order valence-corrected chi connectivity index (χ3v) is 5.60. The molecule has 3 rings (SSSR count). The van der Waals surface area contributed by atoms with Gasteiger partial charge in [0.2, 0.25) is 10.0 Å². The number of sulfonamides is 1. The Morgan fingerprint density at radius 2 is 1.86 bits per heavy atom. The van der Waals surface area contributed by atoms with E-state index in [1.54, 1.807) is 36.4 Å². The van der Waals surface area contributed by atoms with Crippen LogP contribution in [0.4, 0.5) is 5.69 Å². The second-order valence-corrected chi connectivity index (χ2v) is 8.95. The molecule has 1 fully saturated rings. The van der Waals surface area contributed by atoms with Crippen molar-refractivity contribution in [3.63, 3.8) is 0 Å². The second-order valence-electron chi connectivity index (χ2n) is 7.23. The number of benzene rings is 2. The Bertz CT molecular complexity index is 923. The number of hydrazine groups is 1. The fraction of sp³-hybridized carbons (Fsp3) is 0.350. The Hall–Kier alpha value is -2.58. The van der Waals surface area contributed by atoms with Gasteiger partial charge in [-0.2, -0.15) is 0 Å². The summed E-state index contributed by atoms with van der Waals surface area (Å²) in [6.07, 6.45) is 1.77. The van der Waals surface area contributed by atoms with E-state index in [0.29, 0.717) is 29.5 Å². The van der Waals surface area contributed by atoms with Crippen LogP contribution >= 0.6 is 0 Å². The lowest BCUT2D eigenvalue weighted by Crippen LogP contribution is -2.29. The molecule has 1 aliphatic rings. The molecule has 1 aliphatic carbocycles. The molecule has 0 unspecified atom stereocenters. The van der Waals surface area contributed by atoms with Crippen LogP contribution < -0.4 is 20.3 Å². The van der Waals surface area contributed by atoms with Gasteiger partial charge in [0, 0.05) is 11.6 Å². The Morgan fingerprint density at radius 3 is 2.50 bits per heavy atom. The molecule has 0 spiro atoms. The fourth-order valence-corrected chi connectivity index (χ4v) is 3.70. The summed E-state index contributed by atoms with van der Waals surface area (Å²) in [5.74, 6) is 0.714. The van der Waals surface area contributed by atoms with Crippen molar-refractivity contribution < 1.29 is 17.9 Å². The third-order valence-electron chi connectivity index (χ3n) is 4.06. The number of carbonyl (C=O) groups excluding carboxylic acids is 1. The number of anilines is 1. The van der Waals surface area contributed by atoms with Crippen LogP contribution in [-0.4, -0.2) is 27.0 Å². The molecule has 0 atom stereocenters. The van der Waals surface area contributed by atoms with E-state index in [2.05, 4.69) is 29.4 Å². The predicted molar refractivity (Wildman–Crippen MR) is 108 cm³/mol. The minimum absolute atomic E-state index is 0.0578. The summed E-state index contributed by atoms with van der Waals surface area (Å²) in [7, 11) is -3.48. The molecule has 7 nitrogen and oxygen atoms in total. The molecule has 2 aromatic rings. The molecule has 8 heteroatoms. The molecule has 0 radical (unpaired) electrons. The monoisotopic (exact) mass is 403 g/mol. The molecule has 1 saturated carbocycles. The zero-order valence-corrected chi connectivity index (χ0v) is 16.8. The highest BCUT2D eigenvalue weighted by Gasteiger charge is 2.27. The summed E-state index contributed by atoms with van der Waals surface area (Å²) in [5.41, 5.74) is 6.42. The maximum Gasteiger partial charge on any atom is 0.269 e. The summed E-state index contributed by atoms with van der Waals surface area (Å²) >= 11 is 0. The lowest BCUT2D eigenvalue weighted by atomic mass is 10.2. The number of amides is 1. The largest absolute Gasteiger partial charge is 0.493 e. The first-order valence-electron chi connectivity index (χ1n) is 9.25. The number of ether oxygens (including phenoxy) is 1. The molecular weight excluding hydrogens is 378 g/mol. The van der Waals surface area contributed by atoms with Crippen LogP contribution in [0.5, 0.6) is 5.75 Å². The van der Waals surface area contributed by atoms with Crippen LogP contribution in [0.3, 0.4) is 0 Å². The van der Waals surface area contributed by atoms with Crippen molar-refractivity contribution in [3.8, 4) is 5.75 Å². The zero-order valence-electron chi connectivity index (χ0n) is 15.9. The number of carbonyl (C=O) groups is 1. The van der Waals surface area contributed by atoms with Crippen molar-refractivity contribution in [2.75, 3.05) is 12.0 Å². The van der Waals surface area contributed by atoms with Gasteiger partial charge in [0.1, 0.15) is 5.75 Å². The number of nitrogens with one attached hydrogen (secondary N) is 3. The van der Waals surface area contributed by atoms with Gasteiger partial charge in [-0.25, -0.2) is 13.1 Å². The molecule has 2 aromatic carbocycles. The van der Waals surface area contributed by atoms with Crippen molar-refractivity contribution in [2.24, 2.45) is 5.92 Å². The third kappa shape index (κ3) is 5.71. The molecule has 0 bridgehead atoms. The number of hydrogen-bond acceptors (Lipinski definition) is 5. The summed E-state index contributed by atoms with van der Waals surface area (Å²) in [5, 5.41) is 0. The van der Waals surface area contributed by atoms with Gasteiger partial charge in [0.25, 0.3) is 5.91 Å². The van der Waals surface area contributed by atoms with Crippen molar-refractivity contribution in [1.29, 1.82) is 0 Å². The van der Waals surface area contributed by atoms with Crippen LogP contribution in [0.2, 0.25) is 0 Å². The molecule has 0 aromatic heterocycles. The number of hydrogen-bond donors (Lipinski definition) is 3. The van der Waals surface area contributed by atoms with E-state index in [1.165, 1.54) is 12.1 Å². The molecule has 3 N–H and O–H groups in total. The molecule has 0 saturated heterocycles. The Balaban J connectivity index is 1.56. The van der Waals surface area contributed by atoms with E-state index in [-0.39, 0.29) is 16.8 Å². The van der Waals surface area contributed by atoms with Crippen molar-refractivity contribution in [2.45, 2.75) is 37.6 Å². The topological polar surface area (TPSA) is 96.5 Å². The van der Waals surface area contributed by atoms with Crippen LogP contribution in [0, 0.1) is 5.92 Å². The Labute approximate surface area is 165 Å². The van der Waals surface area contributed by atoms with E-state index >= 15 is 0 Å². The number of rotatable bonds is 9. The predicted octanol–water partition coefficient (Wildman–Crippen LogP) is 2.92. The summed E-state index contributed by atoms with van der Waals surface area (Å²) in [4.78, 5) is 12.5. The van der Waals surface area contributed by atoms with Gasteiger partial charge in [-0.15, -0.1) is 0 Å². The van der Waals surface area contributed by atoms with Gasteiger partial charge in [0.15, 0.2) is 0 Å². The van der Waals surface area contributed by atoms with Crippen molar-refractivity contribution in [1.82, 2.24) is 10.1 Å². The van der Waals surface area contributed by atoms with Gasteiger partial charge in [0.05, 0.1) is 17.2 Å². The van der Waals surface area contributed by atoms with Crippen molar-refractivity contribution >= 4 is 21.6 Å². The van der Waals surface area contributed by atoms with Crippen molar-refractivity contribution in [3.05, 3.63) is 54.1 Å². The van der Waals surface area contributed by atoms with E-state index in [9.17, 15) is 13.2 Å². The van der Waals surface area contributed by atoms with Gasteiger partial charge < -0.3 is 4.74 Å². The SMILES string of the molecule is CC(C)COc1cccc(C(=O)NNc2ccc(S(=O)(=O)NC3CC3)cc2)c1. The van der Waals surface area contributed by atoms with Crippen LogP contribution in [0.15, 0.2) is 53.4 Å². The van der Waals surface area contributed by atoms with E-state index in [1.807, 2.05) is 0 Å². The van der Waals surface area contributed by atoms with E-state index in [4.69, 9.17) is 4.74 Å². The van der Waals surface area contributed by atoms with E-state index < -0.39 is 10.0 Å². The highest BCUT2D eigenvalue weighted by molar-refractivity contribution is 7.89. The highest BCUT2D eigenvalue weighted by atomic mass is 32.2. The average Bonchev–Trinajstić information content (AvgIpc) is 3.48. The van der Waals surface area contributed by atoms with Gasteiger partial charge >= 0.3 is 0 Å². The molecular formula is C20H25N3O4S. The maximum atomic E-state index is 12.3. The quantitative estimate of drug-likeness (QED) is 0.560. The normalized spacial score (nSPS) is 14.0. The molecule has 0 aliphatic heterocycles. The van der Waals surface area contributed by atoms with E-state index in [0.717, 1.165) is 12.8 Å². The minimum Gasteiger partial charge on any atom is -0.493 e. The smallest absolute Gasteiger partial charge is 0.269 e. The summed E-state index contributed by atoms with van der Waals surface area (Å²) < 4.78 is 32.6. The summed E-state index contributed by atoms with van der Waals surface area (Å²) in [6, 6.07) is 13.2. The Morgan fingerprint density at radius 1 is 1.14 bits per heavy atom. The van der Waals surface area contributed by atoms with Crippen LogP contribution in [-0.2, 0) is 10.0 Å². The second kappa shape index (κ2) is 8.62. The first-order valence-corrected chi connectivity index (χ1v) is 10.7. The summed E-state index contributed by atoms with van der Waals surface area (Å²) in [6.45, 7) is 4.69. The lowest BCUT2D eigenvalue weighted by Gasteiger charge is -2.12. The molecule has 0 heterocycles. The van der Waals surface area contributed by atoms with Crippen LogP contribution in [0.1, 0.15) is 37.0 Å². The fourth-order valence-electron chi connectivity index (χ4n) is 2.40. The van der Waals surface area contributed by atoms with Gasteiger partial charge in [-0.3, -0.25) is 15.6 Å². The first kappa shape index (κ1) is 20.2. The first-order chi connectivity index (χ1) is 13.3. The van der Waals surface area contributed by atoms with Gasteiger partial charge in [-0.1, -0.05) is 19.9 Å². The maximum absolute atomic E-state index is 12.3.